The predicted octanol–water partition coefficient (Wildman–Crippen LogP) is 4.72. The summed E-state index contributed by atoms with van der Waals surface area (Å²) in [5.74, 6) is 0. The molecule has 0 N–H and O–H groups in total. The summed E-state index contributed by atoms with van der Waals surface area (Å²) < 4.78 is 14.0. The predicted molar refractivity (Wildman–Crippen MR) is 78.6 cm³/mol. The maximum atomic E-state index is 8.01. The van der Waals surface area contributed by atoms with E-state index in [2.05, 4.69) is 20.8 Å². The molecule has 0 aromatic heterocycles. The van der Waals surface area contributed by atoms with Gasteiger partial charge in [-0.15, -0.1) is 0 Å². The Balaban J connectivity index is 2.60. The Morgan fingerprint density at radius 3 is 2.24 bits per heavy atom. The molecule has 0 amide bonds. The highest BCUT2D eigenvalue weighted by Gasteiger charge is 2.27. The van der Waals surface area contributed by atoms with Crippen LogP contribution < -0.4 is 0 Å². The van der Waals surface area contributed by atoms with Crippen LogP contribution in [-0.2, 0) is 4.43 Å². The summed E-state index contributed by atoms with van der Waals surface area (Å²) in [7, 11) is -1.66. The van der Waals surface area contributed by atoms with Crippen LogP contribution >= 0.6 is 0 Å². The summed E-state index contributed by atoms with van der Waals surface area (Å²) in [6, 6.07) is 13.3. The van der Waals surface area contributed by atoms with Crippen LogP contribution in [0, 0.1) is 0 Å². The quantitative estimate of drug-likeness (QED) is 0.635. The smallest absolute Gasteiger partial charge is 0.192 e. The molecule has 1 aromatic rings. The Kier molecular flexibility index (Phi) is 5.53. The fourth-order valence-corrected chi connectivity index (χ4v) is 4.27. The Morgan fingerprint density at radius 2 is 1.71 bits per heavy atom. The molecule has 0 heterocycles. The van der Waals surface area contributed by atoms with Gasteiger partial charge >= 0.3 is 0 Å². The topological polar surface area (TPSA) is 9.23 Å². The summed E-state index contributed by atoms with van der Waals surface area (Å²) in [6.07, 6.45) is 3.82. The number of benzene rings is 1. The normalized spacial score (nSPS) is 14.9. The second-order valence-electron chi connectivity index (χ2n) is 4.27. The number of hydrogen-bond acceptors (Lipinski definition) is 1. The van der Waals surface area contributed by atoms with Gasteiger partial charge in [-0.2, -0.15) is 0 Å². The standard InChI is InChI=1S/C15H24OSi/c1-4-17(5-2,6-3)16-14-10-13-15-11-8-7-9-12-15/h7-13H,4-6,14H2,1-3H3/b13-10+/i14D. The van der Waals surface area contributed by atoms with E-state index in [4.69, 9.17) is 5.80 Å². The third-order valence-electron chi connectivity index (χ3n) is 3.42. The average Bonchev–Trinajstić information content (AvgIpc) is 2.44. The minimum atomic E-state index is -1.66. The molecule has 94 valence electrons. The average molecular weight is 249 g/mol. The van der Waals surface area contributed by atoms with Crippen molar-refractivity contribution >= 4 is 14.4 Å². The van der Waals surface area contributed by atoms with Gasteiger partial charge in [0.2, 0.25) is 0 Å². The zero-order valence-electron chi connectivity index (χ0n) is 12.1. The van der Waals surface area contributed by atoms with E-state index in [9.17, 15) is 0 Å². The van der Waals surface area contributed by atoms with Crippen LogP contribution in [0.15, 0.2) is 36.4 Å². The van der Waals surface area contributed by atoms with Gasteiger partial charge < -0.3 is 4.43 Å². The first-order valence-electron chi connectivity index (χ1n) is 7.07. The minimum absolute atomic E-state index is 0.531. The van der Waals surface area contributed by atoms with Crippen molar-refractivity contribution < 1.29 is 5.80 Å². The van der Waals surface area contributed by atoms with Crippen LogP contribution in [0.2, 0.25) is 18.1 Å². The Labute approximate surface area is 108 Å². The molecule has 0 radical (unpaired) electrons. The maximum absolute atomic E-state index is 8.01. The molecule has 1 aromatic carbocycles. The Morgan fingerprint density at radius 1 is 1.12 bits per heavy atom. The van der Waals surface area contributed by atoms with Crippen LogP contribution in [0.3, 0.4) is 0 Å². The molecule has 0 aliphatic carbocycles. The second kappa shape index (κ2) is 7.46. The third kappa shape index (κ3) is 4.48. The van der Waals surface area contributed by atoms with Gasteiger partial charge in [0.05, 0.1) is 7.95 Å². The van der Waals surface area contributed by atoms with Crippen LogP contribution in [0.25, 0.3) is 6.08 Å². The van der Waals surface area contributed by atoms with Crippen LogP contribution in [0.5, 0.6) is 0 Å². The minimum Gasteiger partial charge on any atom is -0.413 e. The van der Waals surface area contributed by atoms with Crippen molar-refractivity contribution in [3.63, 3.8) is 0 Å². The largest absolute Gasteiger partial charge is 0.413 e. The molecule has 0 saturated heterocycles. The van der Waals surface area contributed by atoms with E-state index >= 15 is 0 Å². The van der Waals surface area contributed by atoms with Crippen molar-refractivity contribution in [1.82, 2.24) is 0 Å². The lowest BCUT2D eigenvalue weighted by Gasteiger charge is -2.27. The van der Waals surface area contributed by atoms with E-state index in [0.29, 0.717) is 0 Å². The molecular weight excluding hydrogens is 224 g/mol. The molecule has 0 aliphatic heterocycles. The highest BCUT2D eigenvalue weighted by molar-refractivity contribution is 6.73. The van der Waals surface area contributed by atoms with E-state index in [1.165, 1.54) is 0 Å². The lowest BCUT2D eigenvalue weighted by atomic mass is 10.2. The molecule has 2 heteroatoms. The van der Waals surface area contributed by atoms with E-state index in [1.807, 2.05) is 42.5 Å². The first-order valence-corrected chi connectivity index (χ1v) is 9.02. The second-order valence-corrected chi connectivity index (χ2v) is 8.99. The summed E-state index contributed by atoms with van der Waals surface area (Å²) in [6.45, 7) is 6.03. The van der Waals surface area contributed by atoms with Gasteiger partial charge in [-0.3, -0.25) is 0 Å². The molecule has 0 aliphatic rings. The van der Waals surface area contributed by atoms with Gasteiger partial charge in [0, 0.05) is 0 Å². The molecule has 1 rings (SSSR count). The lowest BCUT2D eigenvalue weighted by Crippen LogP contribution is -2.35. The van der Waals surface area contributed by atoms with Gasteiger partial charge in [-0.25, -0.2) is 0 Å². The van der Waals surface area contributed by atoms with E-state index in [-0.39, 0.29) is 0 Å². The summed E-state index contributed by atoms with van der Waals surface area (Å²) >= 11 is 0. The van der Waals surface area contributed by atoms with Gasteiger partial charge in [0.1, 0.15) is 0 Å². The van der Waals surface area contributed by atoms with Crippen LogP contribution in [-0.4, -0.2) is 14.9 Å². The molecule has 1 atom stereocenters. The fraction of sp³-hybridized carbons (Fsp3) is 0.467. The number of rotatable bonds is 7. The van der Waals surface area contributed by atoms with E-state index in [0.717, 1.165) is 23.7 Å². The van der Waals surface area contributed by atoms with Crippen LogP contribution in [0.1, 0.15) is 27.7 Å². The van der Waals surface area contributed by atoms with Crippen molar-refractivity contribution in [1.29, 1.82) is 0 Å². The SMILES string of the molecule is [2H]C(/C=C/c1ccccc1)O[Si](CC)(CC)CC. The molecule has 1 unspecified atom stereocenters. The number of hydrogen-bond donors (Lipinski definition) is 0. The zero-order chi connectivity index (χ0) is 13.4. The van der Waals surface area contributed by atoms with Crippen molar-refractivity contribution in [3.8, 4) is 0 Å². The van der Waals surface area contributed by atoms with Crippen molar-refractivity contribution in [3.05, 3.63) is 42.0 Å². The molecular formula is C15H24OSi. The van der Waals surface area contributed by atoms with Gasteiger partial charge in [0.25, 0.3) is 0 Å². The Hall–Kier alpha value is -0.863. The van der Waals surface area contributed by atoms with E-state index < -0.39 is 14.9 Å². The van der Waals surface area contributed by atoms with Crippen molar-refractivity contribution in [2.45, 2.75) is 38.9 Å². The molecule has 17 heavy (non-hydrogen) atoms. The molecule has 1 nitrogen and oxygen atoms in total. The van der Waals surface area contributed by atoms with Crippen LogP contribution in [0.4, 0.5) is 0 Å². The van der Waals surface area contributed by atoms with Crippen molar-refractivity contribution in [2.24, 2.45) is 0 Å². The van der Waals surface area contributed by atoms with Gasteiger partial charge in [-0.05, 0) is 23.7 Å². The highest BCUT2D eigenvalue weighted by atomic mass is 28.4. The highest BCUT2D eigenvalue weighted by Crippen LogP contribution is 2.21. The first-order chi connectivity index (χ1) is 8.65. The van der Waals surface area contributed by atoms with E-state index in [1.54, 1.807) is 0 Å². The maximum Gasteiger partial charge on any atom is 0.192 e. The molecule has 0 bridgehead atoms. The fourth-order valence-electron chi connectivity index (χ4n) is 1.90. The molecule has 0 spiro atoms. The summed E-state index contributed by atoms with van der Waals surface area (Å²) in [5, 5.41) is 0. The molecule has 0 fully saturated rings. The summed E-state index contributed by atoms with van der Waals surface area (Å²) in [4.78, 5) is 0. The molecule has 0 saturated carbocycles. The first kappa shape index (κ1) is 12.6. The van der Waals surface area contributed by atoms with Gasteiger partial charge in [0.15, 0.2) is 8.32 Å². The van der Waals surface area contributed by atoms with Crippen molar-refractivity contribution in [2.75, 3.05) is 6.58 Å². The monoisotopic (exact) mass is 249 g/mol. The van der Waals surface area contributed by atoms with Gasteiger partial charge in [-0.1, -0.05) is 63.3 Å². The lowest BCUT2D eigenvalue weighted by molar-refractivity contribution is 0.343. The zero-order valence-corrected chi connectivity index (χ0v) is 12.1. The third-order valence-corrected chi connectivity index (χ3v) is 7.92. The summed E-state index contributed by atoms with van der Waals surface area (Å²) in [5.41, 5.74) is 1.12. The Bertz CT molecular complexity index is 352.